The molecule has 2 heteroatoms. The maximum atomic E-state index is 3.43. The summed E-state index contributed by atoms with van der Waals surface area (Å²) in [7, 11) is 4.40. The molecule has 1 saturated carbocycles. The second-order valence-electron chi connectivity index (χ2n) is 5.47. The summed E-state index contributed by atoms with van der Waals surface area (Å²) >= 11 is 0. The second kappa shape index (κ2) is 6.49. The van der Waals surface area contributed by atoms with Gasteiger partial charge in [0.15, 0.2) is 0 Å². The Kier molecular flexibility index (Phi) is 5.62. The van der Waals surface area contributed by atoms with Gasteiger partial charge in [0, 0.05) is 12.1 Å². The Morgan fingerprint density at radius 3 is 2.67 bits per heavy atom. The lowest BCUT2D eigenvalue weighted by Gasteiger charge is -2.35. The molecule has 1 aliphatic rings. The molecule has 15 heavy (non-hydrogen) atoms. The van der Waals surface area contributed by atoms with Crippen LogP contribution < -0.4 is 5.32 Å². The molecule has 0 aromatic rings. The van der Waals surface area contributed by atoms with Gasteiger partial charge in [-0.3, -0.25) is 0 Å². The van der Waals surface area contributed by atoms with Gasteiger partial charge in [-0.1, -0.05) is 20.3 Å². The molecule has 0 bridgehead atoms. The highest BCUT2D eigenvalue weighted by atomic mass is 15.1. The fraction of sp³-hybridized carbons (Fsp3) is 1.00. The molecule has 0 aromatic heterocycles. The van der Waals surface area contributed by atoms with Gasteiger partial charge in [0.1, 0.15) is 0 Å². The molecular formula is C13H28N2. The predicted molar refractivity (Wildman–Crippen MR) is 67.2 cm³/mol. The van der Waals surface area contributed by atoms with E-state index < -0.39 is 0 Å². The van der Waals surface area contributed by atoms with Crippen molar-refractivity contribution in [3.05, 3.63) is 0 Å². The van der Waals surface area contributed by atoms with E-state index in [1.807, 2.05) is 0 Å². The third-order valence-electron chi connectivity index (χ3n) is 3.74. The smallest absolute Gasteiger partial charge is 0.0107 e. The third kappa shape index (κ3) is 4.52. The minimum atomic E-state index is 0.755. The normalized spacial score (nSPS) is 27.6. The standard InChI is InChI=1S/C13H28N2/c1-11(2)8-9-15(4)13-7-5-6-12(10-13)14-3/h11-14H,5-10H2,1-4H3. The first-order chi connectivity index (χ1) is 7.13. The molecule has 2 atom stereocenters. The van der Waals surface area contributed by atoms with Crippen molar-refractivity contribution < 1.29 is 0 Å². The molecule has 1 N–H and O–H groups in total. The predicted octanol–water partition coefficient (Wildman–Crippen LogP) is 2.49. The SMILES string of the molecule is CNC1CCCC(N(C)CCC(C)C)C1. The van der Waals surface area contributed by atoms with Crippen molar-refractivity contribution in [3.8, 4) is 0 Å². The highest BCUT2D eigenvalue weighted by molar-refractivity contribution is 4.82. The van der Waals surface area contributed by atoms with Gasteiger partial charge in [-0.25, -0.2) is 0 Å². The first kappa shape index (κ1) is 13.0. The molecular weight excluding hydrogens is 184 g/mol. The van der Waals surface area contributed by atoms with Crippen LogP contribution in [0.3, 0.4) is 0 Å². The molecule has 0 spiro atoms. The summed E-state index contributed by atoms with van der Waals surface area (Å²) in [6.45, 7) is 5.88. The van der Waals surface area contributed by atoms with Crippen molar-refractivity contribution in [2.75, 3.05) is 20.6 Å². The van der Waals surface area contributed by atoms with Crippen LogP contribution in [0, 0.1) is 5.92 Å². The van der Waals surface area contributed by atoms with Gasteiger partial charge in [0.05, 0.1) is 0 Å². The number of nitrogens with one attached hydrogen (secondary N) is 1. The molecule has 0 aliphatic heterocycles. The Labute approximate surface area is 95.4 Å². The summed E-state index contributed by atoms with van der Waals surface area (Å²) in [4.78, 5) is 2.57. The molecule has 1 aliphatic carbocycles. The summed E-state index contributed by atoms with van der Waals surface area (Å²) < 4.78 is 0. The summed E-state index contributed by atoms with van der Waals surface area (Å²) in [5.41, 5.74) is 0. The Bertz CT molecular complexity index is 168. The lowest BCUT2D eigenvalue weighted by Crippen LogP contribution is -2.42. The van der Waals surface area contributed by atoms with E-state index >= 15 is 0 Å². The largest absolute Gasteiger partial charge is 0.317 e. The Balaban J connectivity index is 2.28. The summed E-state index contributed by atoms with van der Waals surface area (Å²) in [5.74, 6) is 0.830. The molecule has 0 heterocycles. The summed E-state index contributed by atoms with van der Waals surface area (Å²) in [5, 5.41) is 3.43. The van der Waals surface area contributed by atoms with Gasteiger partial charge >= 0.3 is 0 Å². The second-order valence-corrected chi connectivity index (χ2v) is 5.47. The van der Waals surface area contributed by atoms with E-state index in [1.165, 1.54) is 38.6 Å². The van der Waals surface area contributed by atoms with Crippen molar-refractivity contribution in [3.63, 3.8) is 0 Å². The molecule has 0 radical (unpaired) electrons. The van der Waals surface area contributed by atoms with Gasteiger partial charge in [-0.05, 0) is 52.2 Å². The average molecular weight is 212 g/mol. The minimum Gasteiger partial charge on any atom is -0.317 e. The van der Waals surface area contributed by atoms with Crippen LogP contribution in [0.4, 0.5) is 0 Å². The van der Waals surface area contributed by atoms with Gasteiger partial charge in [-0.2, -0.15) is 0 Å². The van der Waals surface area contributed by atoms with Gasteiger partial charge in [0.2, 0.25) is 0 Å². The van der Waals surface area contributed by atoms with E-state index in [0.717, 1.165) is 18.0 Å². The van der Waals surface area contributed by atoms with Crippen LogP contribution in [0.1, 0.15) is 46.0 Å². The highest BCUT2D eigenvalue weighted by Gasteiger charge is 2.23. The van der Waals surface area contributed by atoms with Crippen molar-refractivity contribution >= 4 is 0 Å². The fourth-order valence-electron chi connectivity index (χ4n) is 2.47. The number of hydrogen-bond donors (Lipinski definition) is 1. The van der Waals surface area contributed by atoms with Crippen molar-refractivity contribution in [2.24, 2.45) is 5.92 Å². The topological polar surface area (TPSA) is 15.3 Å². The van der Waals surface area contributed by atoms with Crippen molar-refractivity contribution in [1.29, 1.82) is 0 Å². The van der Waals surface area contributed by atoms with Crippen molar-refractivity contribution in [2.45, 2.75) is 58.0 Å². The van der Waals surface area contributed by atoms with E-state index in [-0.39, 0.29) is 0 Å². The average Bonchev–Trinajstić information content (AvgIpc) is 2.26. The molecule has 2 nitrogen and oxygen atoms in total. The van der Waals surface area contributed by atoms with Crippen LogP contribution in [0.2, 0.25) is 0 Å². The van der Waals surface area contributed by atoms with E-state index in [4.69, 9.17) is 0 Å². The van der Waals surface area contributed by atoms with E-state index in [1.54, 1.807) is 0 Å². The molecule has 0 aromatic carbocycles. The van der Waals surface area contributed by atoms with E-state index in [0.29, 0.717) is 0 Å². The third-order valence-corrected chi connectivity index (χ3v) is 3.74. The van der Waals surface area contributed by atoms with Crippen molar-refractivity contribution in [1.82, 2.24) is 10.2 Å². The maximum absolute atomic E-state index is 3.43. The number of hydrogen-bond acceptors (Lipinski definition) is 2. The molecule has 0 saturated heterocycles. The Morgan fingerprint density at radius 1 is 1.33 bits per heavy atom. The van der Waals surface area contributed by atoms with Crippen LogP contribution in [-0.4, -0.2) is 37.6 Å². The summed E-state index contributed by atoms with van der Waals surface area (Å²) in [6.07, 6.45) is 6.82. The van der Waals surface area contributed by atoms with Crippen LogP contribution in [0.5, 0.6) is 0 Å². The van der Waals surface area contributed by atoms with Gasteiger partial charge in [-0.15, -0.1) is 0 Å². The van der Waals surface area contributed by atoms with Crippen LogP contribution >= 0.6 is 0 Å². The maximum Gasteiger partial charge on any atom is 0.0107 e. The first-order valence-corrected chi connectivity index (χ1v) is 6.51. The molecule has 1 rings (SSSR count). The van der Waals surface area contributed by atoms with E-state index in [9.17, 15) is 0 Å². The van der Waals surface area contributed by atoms with E-state index in [2.05, 4.69) is 38.2 Å². The zero-order chi connectivity index (χ0) is 11.3. The lowest BCUT2D eigenvalue weighted by atomic mass is 9.90. The Morgan fingerprint density at radius 2 is 2.07 bits per heavy atom. The Hall–Kier alpha value is -0.0800. The van der Waals surface area contributed by atoms with Crippen LogP contribution in [0.15, 0.2) is 0 Å². The molecule has 2 unspecified atom stereocenters. The lowest BCUT2D eigenvalue weighted by molar-refractivity contribution is 0.165. The monoisotopic (exact) mass is 212 g/mol. The zero-order valence-electron chi connectivity index (χ0n) is 10.9. The first-order valence-electron chi connectivity index (χ1n) is 6.51. The van der Waals surface area contributed by atoms with Crippen LogP contribution in [0.25, 0.3) is 0 Å². The summed E-state index contributed by atoms with van der Waals surface area (Å²) in [6, 6.07) is 1.57. The van der Waals surface area contributed by atoms with Gasteiger partial charge in [0.25, 0.3) is 0 Å². The van der Waals surface area contributed by atoms with Crippen LogP contribution in [-0.2, 0) is 0 Å². The molecule has 1 fully saturated rings. The number of nitrogens with zero attached hydrogens (tertiary/aromatic N) is 1. The molecule has 90 valence electrons. The minimum absolute atomic E-state index is 0.755. The number of rotatable bonds is 5. The molecule has 0 amide bonds. The zero-order valence-corrected chi connectivity index (χ0v) is 10.9. The van der Waals surface area contributed by atoms with Gasteiger partial charge < -0.3 is 10.2 Å². The highest BCUT2D eigenvalue weighted by Crippen LogP contribution is 2.22. The fourth-order valence-corrected chi connectivity index (χ4v) is 2.47. The quantitative estimate of drug-likeness (QED) is 0.753.